The van der Waals surface area contributed by atoms with Crippen LogP contribution in [0.1, 0.15) is 21.5 Å². The highest BCUT2D eigenvalue weighted by molar-refractivity contribution is 6.04. The summed E-state index contributed by atoms with van der Waals surface area (Å²) >= 11 is 0. The average molecular weight is 255 g/mol. The fraction of sp³-hybridized carbons (Fsp3) is 0.133. The number of rotatable bonds is 3. The van der Waals surface area contributed by atoms with Gasteiger partial charge in [0, 0.05) is 11.3 Å². The molecule has 0 saturated heterocycles. The van der Waals surface area contributed by atoms with Gasteiger partial charge in [-0.05, 0) is 49.7 Å². The molecule has 0 aliphatic carbocycles. The summed E-state index contributed by atoms with van der Waals surface area (Å²) in [6.45, 7) is 3.91. The molecule has 0 heterocycles. The molecule has 1 amide bonds. The number of amides is 1. The van der Waals surface area contributed by atoms with E-state index in [1.54, 1.807) is 18.2 Å². The van der Waals surface area contributed by atoms with Crippen molar-refractivity contribution in [2.45, 2.75) is 13.8 Å². The van der Waals surface area contributed by atoms with Crippen molar-refractivity contribution in [3.8, 4) is 0 Å². The number of anilines is 2. The van der Waals surface area contributed by atoms with Gasteiger partial charge in [-0.3, -0.25) is 10.6 Å². The molecule has 2 aromatic rings. The molecule has 0 radical (unpaired) electrons. The van der Waals surface area contributed by atoms with Crippen LogP contribution in [0.25, 0.3) is 0 Å². The van der Waals surface area contributed by atoms with Crippen LogP contribution in [0.3, 0.4) is 0 Å². The van der Waals surface area contributed by atoms with Gasteiger partial charge < -0.3 is 10.7 Å². The molecule has 4 heteroatoms. The quantitative estimate of drug-likeness (QED) is 0.583. The molecular weight excluding hydrogens is 238 g/mol. The fourth-order valence-electron chi connectivity index (χ4n) is 1.81. The highest BCUT2D eigenvalue weighted by atomic mass is 16.1. The molecule has 4 N–H and O–H groups in total. The van der Waals surface area contributed by atoms with E-state index in [1.165, 1.54) is 0 Å². The van der Waals surface area contributed by atoms with Gasteiger partial charge in [0.2, 0.25) is 0 Å². The van der Waals surface area contributed by atoms with Gasteiger partial charge in [-0.2, -0.15) is 0 Å². The number of hydrogen-bond acceptors (Lipinski definition) is 3. The third-order valence-electron chi connectivity index (χ3n) is 2.95. The predicted octanol–water partition coefficient (Wildman–Crippen LogP) is 2.84. The summed E-state index contributed by atoms with van der Waals surface area (Å²) in [5, 5.41) is 2.86. The zero-order chi connectivity index (χ0) is 13.8. The zero-order valence-electron chi connectivity index (χ0n) is 11.0. The third-order valence-corrected chi connectivity index (χ3v) is 2.95. The van der Waals surface area contributed by atoms with Crippen LogP contribution in [-0.2, 0) is 0 Å². The van der Waals surface area contributed by atoms with Crippen LogP contribution in [0.4, 0.5) is 11.4 Å². The van der Waals surface area contributed by atoms with Crippen LogP contribution in [0.5, 0.6) is 0 Å². The Bertz CT molecular complexity index is 591. The van der Waals surface area contributed by atoms with Gasteiger partial charge in [0.25, 0.3) is 5.91 Å². The third kappa shape index (κ3) is 3.11. The lowest BCUT2D eigenvalue weighted by Crippen LogP contribution is -2.13. The molecule has 2 rings (SSSR count). The van der Waals surface area contributed by atoms with Crippen molar-refractivity contribution < 1.29 is 4.79 Å². The first kappa shape index (κ1) is 13.1. The largest absolute Gasteiger partial charge is 0.324 e. The molecular formula is C15H17N3O. The van der Waals surface area contributed by atoms with E-state index in [1.807, 2.05) is 38.1 Å². The van der Waals surface area contributed by atoms with Crippen molar-refractivity contribution in [2.24, 2.45) is 5.84 Å². The predicted molar refractivity (Wildman–Crippen MR) is 78.1 cm³/mol. The van der Waals surface area contributed by atoms with Crippen LogP contribution in [0.2, 0.25) is 0 Å². The van der Waals surface area contributed by atoms with Crippen molar-refractivity contribution >= 4 is 17.3 Å². The monoisotopic (exact) mass is 255 g/mol. The first-order valence-corrected chi connectivity index (χ1v) is 6.05. The summed E-state index contributed by atoms with van der Waals surface area (Å²) in [4.78, 5) is 12.1. The normalized spacial score (nSPS) is 10.1. The lowest BCUT2D eigenvalue weighted by atomic mass is 10.1. The van der Waals surface area contributed by atoms with Gasteiger partial charge >= 0.3 is 0 Å². The summed E-state index contributed by atoms with van der Waals surface area (Å²) < 4.78 is 0. The molecule has 0 aliphatic heterocycles. The van der Waals surface area contributed by atoms with Gasteiger partial charge in [-0.15, -0.1) is 0 Å². The molecule has 19 heavy (non-hydrogen) atoms. The van der Waals surface area contributed by atoms with E-state index in [9.17, 15) is 4.79 Å². The zero-order valence-corrected chi connectivity index (χ0v) is 11.0. The summed E-state index contributed by atoms with van der Waals surface area (Å²) in [6.07, 6.45) is 0. The summed E-state index contributed by atoms with van der Waals surface area (Å²) in [6, 6.07) is 13.0. The number of nitrogens with two attached hydrogens (primary N) is 1. The molecule has 0 fully saturated rings. The minimum atomic E-state index is -0.129. The Morgan fingerprint density at radius 1 is 1.05 bits per heavy atom. The molecule has 2 aromatic carbocycles. The lowest BCUT2D eigenvalue weighted by molar-refractivity contribution is 0.102. The molecule has 0 aliphatic rings. The van der Waals surface area contributed by atoms with E-state index < -0.39 is 0 Å². The van der Waals surface area contributed by atoms with Gasteiger partial charge in [0.15, 0.2) is 0 Å². The lowest BCUT2D eigenvalue weighted by Gasteiger charge is -2.09. The first-order chi connectivity index (χ1) is 9.10. The van der Waals surface area contributed by atoms with Crippen LogP contribution in [0.15, 0.2) is 42.5 Å². The highest BCUT2D eigenvalue weighted by Crippen LogP contribution is 2.17. The van der Waals surface area contributed by atoms with E-state index in [-0.39, 0.29) is 5.91 Å². The standard InChI is InChI=1S/C15H17N3O/c1-10-3-6-13(7-4-10)17-15(19)12-5-8-14(18-16)11(2)9-12/h3-9,18H,16H2,1-2H3,(H,17,19). The average Bonchev–Trinajstić information content (AvgIpc) is 2.41. The van der Waals surface area contributed by atoms with Crippen molar-refractivity contribution in [1.29, 1.82) is 0 Å². The van der Waals surface area contributed by atoms with Crippen molar-refractivity contribution in [2.75, 3.05) is 10.7 Å². The van der Waals surface area contributed by atoms with Crippen molar-refractivity contribution in [3.05, 3.63) is 59.2 Å². The van der Waals surface area contributed by atoms with E-state index in [4.69, 9.17) is 5.84 Å². The number of benzene rings is 2. The minimum absolute atomic E-state index is 0.129. The number of aryl methyl sites for hydroxylation is 2. The van der Waals surface area contributed by atoms with E-state index >= 15 is 0 Å². The second-order valence-corrected chi connectivity index (χ2v) is 4.49. The van der Waals surface area contributed by atoms with Gasteiger partial charge in [-0.25, -0.2) is 0 Å². The Morgan fingerprint density at radius 2 is 1.74 bits per heavy atom. The van der Waals surface area contributed by atoms with Crippen LogP contribution >= 0.6 is 0 Å². The Labute approximate surface area is 112 Å². The molecule has 98 valence electrons. The summed E-state index contributed by atoms with van der Waals surface area (Å²) in [7, 11) is 0. The van der Waals surface area contributed by atoms with Gasteiger partial charge in [0.05, 0.1) is 5.69 Å². The van der Waals surface area contributed by atoms with Crippen molar-refractivity contribution in [3.63, 3.8) is 0 Å². The second-order valence-electron chi connectivity index (χ2n) is 4.49. The Hall–Kier alpha value is -2.33. The first-order valence-electron chi connectivity index (χ1n) is 6.05. The van der Waals surface area contributed by atoms with Gasteiger partial charge in [0.1, 0.15) is 0 Å². The second kappa shape index (κ2) is 5.54. The molecule has 0 saturated carbocycles. The minimum Gasteiger partial charge on any atom is -0.324 e. The summed E-state index contributed by atoms with van der Waals surface area (Å²) in [5.74, 6) is 5.23. The van der Waals surface area contributed by atoms with E-state index in [2.05, 4.69) is 10.7 Å². The number of carbonyl (C=O) groups excluding carboxylic acids is 1. The number of carbonyl (C=O) groups is 1. The van der Waals surface area contributed by atoms with Gasteiger partial charge in [-0.1, -0.05) is 17.7 Å². The maximum absolute atomic E-state index is 12.1. The van der Waals surface area contributed by atoms with E-state index in [0.29, 0.717) is 5.56 Å². The molecule has 0 unspecified atom stereocenters. The molecule has 0 aromatic heterocycles. The van der Waals surface area contributed by atoms with E-state index in [0.717, 1.165) is 22.5 Å². The summed E-state index contributed by atoms with van der Waals surface area (Å²) in [5.41, 5.74) is 6.88. The smallest absolute Gasteiger partial charge is 0.255 e. The molecule has 4 nitrogen and oxygen atoms in total. The Morgan fingerprint density at radius 3 is 2.32 bits per heavy atom. The number of nitrogens with one attached hydrogen (secondary N) is 2. The Balaban J connectivity index is 2.16. The highest BCUT2D eigenvalue weighted by Gasteiger charge is 2.07. The molecule has 0 bridgehead atoms. The molecule has 0 atom stereocenters. The van der Waals surface area contributed by atoms with Crippen LogP contribution in [0, 0.1) is 13.8 Å². The maximum atomic E-state index is 12.1. The Kier molecular flexibility index (Phi) is 3.82. The van der Waals surface area contributed by atoms with Crippen LogP contribution < -0.4 is 16.6 Å². The fourth-order valence-corrected chi connectivity index (χ4v) is 1.81. The maximum Gasteiger partial charge on any atom is 0.255 e. The topological polar surface area (TPSA) is 67.2 Å². The van der Waals surface area contributed by atoms with Crippen LogP contribution in [-0.4, -0.2) is 5.91 Å². The van der Waals surface area contributed by atoms with Crippen molar-refractivity contribution in [1.82, 2.24) is 0 Å². The SMILES string of the molecule is Cc1ccc(NC(=O)c2ccc(NN)c(C)c2)cc1. The molecule has 0 spiro atoms. The number of hydrogen-bond donors (Lipinski definition) is 3. The number of hydrazine groups is 1. The number of nitrogen functional groups attached to an aromatic ring is 1.